The number of aromatic nitrogens is 2. The number of hydrogen-bond acceptors (Lipinski definition) is 8. The van der Waals surface area contributed by atoms with E-state index in [0.717, 1.165) is 17.7 Å². The first-order valence-electron chi connectivity index (χ1n) is 13.4. The molecule has 4 N–H and O–H groups in total. The third kappa shape index (κ3) is 3.54. The van der Waals surface area contributed by atoms with Crippen molar-refractivity contribution in [1.29, 1.82) is 0 Å². The Balaban J connectivity index is 1.36. The van der Waals surface area contributed by atoms with Gasteiger partial charge in [-0.3, -0.25) is 4.79 Å². The van der Waals surface area contributed by atoms with Gasteiger partial charge in [0.1, 0.15) is 17.6 Å². The van der Waals surface area contributed by atoms with Crippen molar-refractivity contribution in [1.82, 2.24) is 20.2 Å². The van der Waals surface area contributed by atoms with Crippen molar-refractivity contribution in [2.45, 2.75) is 81.3 Å². The van der Waals surface area contributed by atoms with Gasteiger partial charge in [0.05, 0.1) is 29.6 Å². The maximum Gasteiger partial charge on any atom is 0.334 e. The Hall–Kier alpha value is -3.21. The van der Waals surface area contributed by atoms with Crippen LogP contribution in [0.15, 0.2) is 36.5 Å². The predicted molar refractivity (Wildman–Crippen MR) is 136 cm³/mol. The lowest BCUT2D eigenvalue weighted by Crippen LogP contribution is -2.74. The summed E-state index contributed by atoms with van der Waals surface area (Å²) in [6.45, 7) is 2.46. The highest BCUT2D eigenvalue weighted by Gasteiger charge is 2.71. The molecule has 1 aromatic carbocycles. The number of aliphatic hydroxyl groups is 2. The topological polar surface area (TPSA) is 137 Å². The van der Waals surface area contributed by atoms with Crippen LogP contribution in [0.2, 0.25) is 0 Å². The molecule has 2 aliphatic carbocycles. The number of imidazole rings is 1. The Kier molecular flexibility index (Phi) is 6.08. The summed E-state index contributed by atoms with van der Waals surface area (Å²) < 4.78 is 12.6. The number of carbonyl (C=O) groups is 2. The number of H-pyrrole nitrogens is 1. The number of benzene rings is 1. The zero-order valence-electron chi connectivity index (χ0n) is 21.7. The molecule has 1 spiro atoms. The van der Waals surface area contributed by atoms with Crippen LogP contribution in [0.1, 0.15) is 55.0 Å². The number of esters is 1. The van der Waals surface area contributed by atoms with E-state index < -0.39 is 29.1 Å². The minimum Gasteiger partial charge on any atom is -0.481 e. The number of nitrogens with zero attached hydrogens (tertiary/aromatic N) is 2. The zero-order chi connectivity index (χ0) is 26.7. The average molecular weight is 523 g/mol. The number of amides is 1. The van der Waals surface area contributed by atoms with E-state index in [-0.39, 0.29) is 25.0 Å². The molecule has 1 aromatic heterocycles. The summed E-state index contributed by atoms with van der Waals surface area (Å²) in [5.41, 5.74) is 1.40. The second kappa shape index (κ2) is 9.21. The van der Waals surface area contributed by atoms with E-state index in [1.54, 1.807) is 12.3 Å². The fourth-order valence-corrected chi connectivity index (χ4v) is 7.12. The van der Waals surface area contributed by atoms with Crippen molar-refractivity contribution in [3.63, 3.8) is 0 Å². The number of nitrogens with one attached hydrogen (secondary N) is 2. The smallest absolute Gasteiger partial charge is 0.334 e. The van der Waals surface area contributed by atoms with E-state index in [0.29, 0.717) is 54.9 Å². The van der Waals surface area contributed by atoms with Gasteiger partial charge in [-0.05, 0) is 44.5 Å². The van der Waals surface area contributed by atoms with E-state index in [1.807, 2.05) is 26.1 Å². The zero-order valence-corrected chi connectivity index (χ0v) is 21.7. The van der Waals surface area contributed by atoms with Crippen LogP contribution < -0.4 is 10.1 Å². The summed E-state index contributed by atoms with van der Waals surface area (Å²) >= 11 is 0. The molecule has 0 unspecified atom stereocenters. The number of rotatable bonds is 8. The molecule has 1 saturated heterocycles. The molecule has 5 atom stereocenters. The second-order valence-electron chi connectivity index (χ2n) is 11.0. The number of ether oxygens (including phenoxy) is 2. The largest absolute Gasteiger partial charge is 0.481 e. The third-order valence-electron chi connectivity index (χ3n) is 8.91. The fourth-order valence-electron chi connectivity index (χ4n) is 7.12. The van der Waals surface area contributed by atoms with Crippen LogP contribution in [0.5, 0.6) is 5.75 Å². The first-order valence-corrected chi connectivity index (χ1v) is 13.4. The first kappa shape index (κ1) is 25.1. The number of aliphatic hydroxyl groups excluding tert-OH is 1. The van der Waals surface area contributed by atoms with Gasteiger partial charge < -0.3 is 34.9 Å². The van der Waals surface area contributed by atoms with Crippen molar-refractivity contribution in [2.75, 3.05) is 13.6 Å². The summed E-state index contributed by atoms with van der Waals surface area (Å²) in [6, 6.07) is 2.85. The minimum absolute atomic E-state index is 0.116. The highest BCUT2D eigenvalue weighted by Crippen LogP contribution is 2.64. The van der Waals surface area contributed by atoms with E-state index in [9.17, 15) is 19.8 Å². The van der Waals surface area contributed by atoms with Crippen LogP contribution >= 0.6 is 0 Å². The molecule has 202 valence electrons. The summed E-state index contributed by atoms with van der Waals surface area (Å²) in [5, 5.41) is 25.2. The Morgan fingerprint density at radius 2 is 2.24 bits per heavy atom. The number of piperidine rings is 1. The van der Waals surface area contributed by atoms with E-state index >= 15 is 0 Å². The lowest BCUT2D eigenvalue weighted by atomic mass is 9.50. The Morgan fingerprint density at radius 3 is 2.97 bits per heavy atom. The van der Waals surface area contributed by atoms with Gasteiger partial charge in [0.25, 0.3) is 0 Å². The molecule has 2 aliphatic heterocycles. The maximum absolute atomic E-state index is 13.5. The van der Waals surface area contributed by atoms with Crippen LogP contribution in [0.25, 0.3) is 0 Å². The lowest BCUT2D eigenvalue weighted by molar-refractivity contribution is -0.170. The lowest BCUT2D eigenvalue weighted by Gasteiger charge is -2.61. The number of likely N-dealkylation sites (N-methyl/N-ethyl adjacent to an activating group) is 1. The molecule has 1 fully saturated rings. The van der Waals surface area contributed by atoms with E-state index in [1.165, 1.54) is 6.33 Å². The normalized spacial score (nSPS) is 29.6. The van der Waals surface area contributed by atoms with Crippen molar-refractivity contribution < 1.29 is 29.3 Å². The summed E-state index contributed by atoms with van der Waals surface area (Å²) in [4.78, 5) is 35.3. The third-order valence-corrected chi connectivity index (χ3v) is 8.91. The first-order chi connectivity index (χ1) is 18.3. The Labute approximate surface area is 221 Å². The molecule has 3 heterocycles. The standard InChI is InChI=1S/C28H34N4O6/c1-3-4-22(34)31-19(12-18-13-29-15-30-18)26(35)37-20-7-8-28(36)21-11-16-5-6-17(14-33)24-23(16)27(28,25(20)38-24)9-10-32(21)2/h5-7,13,15,19,21,25,33,36H,3-4,8-12,14H2,1-2H3,(H,29,30)(H,31,34)/t19-,21+,25-,27-,28+/m0/s1. The van der Waals surface area contributed by atoms with Crippen molar-refractivity contribution >= 4 is 11.9 Å². The van der Waals surface area contributed by atoms with Crippen LogP contribution in [0.4, 0.5) is 0 Å². The summed E-state index contributed by atoms with van der Waals surface area (Å²) in [7, 11) is 2.03. The number of carbonyl (C=O) groups excluding carboxylic acids is 2. The van der Waals surface area contributed by atoms with Crippen LogP contribution in [-0.4, -0.2) is 74.3 Å². The highest BCUT2D eigenvalue weighted by molar-refractivity contribution is 5.85. The summed E-state index contributed by atoms with van der Waals surface area (Å²) in [6.07, 6.45) is 6.98. The fraction of sp³-hybridized carbons (Fsp3) is 0.536. The van der Waals surface area contributed by atoms with Crippen LogP contribution in [0.3, 0.4) is 0 Å². The van der Waals surface area contributed by atoms with Gasteiger partial charge in [0.15, 0.2) is 6.10 Å². The Bertz CT molecular complexity index is 1290. The molecule has 4 aliphatic rings. The summed E-state index contributed by atoms with van der Waals surface area (Å²) in [5.74, 6) is 0.0908. The molecule has 10 heteroatoms. The van der Waals surface area contributed by atoms with Crippen molar-refractivity contribution in [3.05, 3.63) is 58.9 Å². The minimum atomic E-state index is -1.11. The van der Waals surface area contributed by atoms with Gasteiger partial charge in [-0.25, -0.2) is 9.78 Å². The van der Waals surface area contributed by atoms with Gasteiger partial charge in [0, 0.05) is 42.6 Å². The monoisotopic (exact) mass is 522 g/mol. The van der Waals surface area contributed by atoms with Crippen molar-refractivity contribution in [2.24, 2.45) is 0 Å². The maximum atomic E-state index is 13.5. The molecule has 2 aromatic rings. The molecule has 6 rings (SSSR count). The molecule has 38 heavy (non-hydrogen) atoms. The molecular weight excluding hydrogens is 488 g/mol. The predicted octanol–water partition coefficient (Wildman–Crippen LogP) is 1.25. The van der Waals surface area contributed by atoms with E-state index in [4.69, 9.17) is 9.47 Å². The number of aromatic amines is 1. The second-order valence-corrected chi connectivity index (χ2v) is 11.0. The molecule has 0 radical (unpaired) electrons. The van der Waals surface area contributed by atoms with Gasteiger partial charge >= 0.3 is 5.97 Å². The van der Waals surface area contributed by atoms with Gasteiger partial charge in [-0.2, -0.15) is 0 Å². The molecule has 2 bridgehead atoms. The molecule has 10 nitrogen and oxygen atoms in total. The van der Waals surface area contributed by atoms with Crippen LogP contribution in [0, 0.1) is 0 Å². The number of likely N-dealkylation sites (tertiary alicyclic amines) is 1. The molecule has 1 amide bonds. The van der Waals surface area contributed by atoms with Gasteiger partial charge in [-0.1, -0.05) is 19.1 Å². The van der Waals surface area contributed by atoms with Crippen molar-refractivity contribution in [3.8, 4) is 5.75 Å². The molecule has 0 saturated carbocycles. The average Bonchev–Trinajstić information content (AvgIpc) is 3.53. The highest BCUT2D eigenvalue weighted by atomic mass is 16.6. The SMILES string of the molecule is CCCC(=O)N[C@@H](Cc1c[nH]cn1)C(=O)OC1=CC[C@@]2(O)[C@H]3Cc4ccc(CO)c5c4[C@@]2(CCN3C)[C@H]1O5. The Morgan fingerprint density at radius 1 is 1.39 bits per heavy atom. The number of hydrogen-bond donors (Lipinski definition) is 4. The van der Waals surface area contributed by atoms with Gasteiger partial charge in [-0.15, -0.1) is 0 Å². The quantitative estimate of drug-likeness (QED) is 0.380. The van der Waals surface area contributed by atoms with E-state index in [2.05, 4.69) is 20.2 Å². The molecular formula is C28H34N4O6. The van der Waals surface area contributed by atoms with Crippen LogP contribution in [-0.2, 0) is 39.2 Å². The van der Waals surface area contributed by atoms with Gasteiger partial charge in [0.2, 0.25) is 5.91 Å².